The van der Waals surface area contributed by atoms with Gasteiger partial charge in [-0.05, 0) is 31.5 Å². The van der Waals surface area contributed by atoms with E-state index < -0.39 is 23.6 Å². The van der Waals surface area contributed by atoms with Gasteiger partial charge in [0.05, 0.1) is 0 Å². The van der Waals surface area contributed by atoms with Gasteiger partial charge < -0.3 is 24.3 Å². The van der Waals surface area contributed by atoms with E-state index in [2.05, 4.69) is 5.32 Å². The summed E-state index contributed by atoms with van der Waals surface area (Å²) < 4.78 is 15.3. The number of fused-ring (bicyclic) bond motifs is 1. The molecule has 0 radical (unpaired) electrons. The van der Waals surface area contributed by atoms with Gasteiger partial charge in [-0.25, -0.2) is 9.59 Å². The van der Waals surface area contributed by atoms with Crippen molar-refractivity contribution in [2.75, 3.05) is 20.3 Å². The summed E-state index contributed by atoms with van der Waals surface area (Å²) in [6.45, 7) is 2.27. The number of hydrogen-bond donors (Lipinski definition) is 2. The maximum Gasteiger partial charge on any atom is 0.349 e. The lowest BCUT2D eigenvalue weighted by Crippen LogP contribution is -2.29. The zero-order valence-corrected chi connectivity index (χ0v) is 13.9. The van der Waals surface area contributed by atoms with Gasteiger partial charge in [0.1, 0.15) is 16.9 Å². The summed E-state index contributed by atoms with van der Waals surface area (Å²) in [6, 6.07) is 5.97. The summed E-state index contributed by atoms with van der Waals surface area (Å²) in [5.74, 6) is -1.38. The fourth-order valence-electron chi connectivity index (χ4n) is 2.09. The maximum atomic E-state index is 12.1. The van der Waals surface area contributed by atoms with E-state index in [0.29, 0.717) is 25.0 Å². The van der Waals surface area contributed by atoms with E-state index in [1.54, 1.807) is 19.2 Å². The minimum absolute atomic E-state index is 0.0995. The molecular formula is C17H19NO7. The number of rotatable bonds is 8. The van der Waals surface area contributed by atoms with Crippen LogP contribution in [0.1, 0.15) is 23.7 Å². The Morgan fingerprint density at radius 2 is 2.08 bits per heavy atom. The molecule has 2 aromatic rings. The monoisotopic (exact) mass is 349 g/mol. The van der Waals surface area contributed by atoms with Gasteiger partial charge in [0, 0.05) is 31.7 Å². The fourth-order valence-corrected chi connectivity index (χ4v) is 2.09. The van der Waals surface area contributed by atoms with Crippen LogP contribution in [0.4, 0.5) is 0 Å². The highest BCUT2D eigenvalue weighted by molar-refractivity contribution is 5.96. The van der Waals surface area contributed by atoms with Crippen molar-refractivity contribution >= 4 is 22.8 Å². The topological polar surface area (TPSA) is 115 Å². The molecule has 0 saturated carbocycles. The van der Waals surface area contributed by atoms with E-state index in [1.165, 1.54) is 19.1 Å². The molecule has 1 unspecified atom stereocenters. The van der Waals surface area contributed by atoms with Crippen LogP contribution in [0.25, 0.3) is 11.0 Å². The molecule has 0 saturated heterocycles. The van der Waals surface area contributed by atoms with Crippen LogP contribution in [-0.4, -0.2) is 43.3 Å². The van der Waals surface area contributed by atoms with E-state index in [1.807, 2.05) is 0 Å². The highest BCUT2D eigenvalue weighted by Crippen LogP contribution is 2.21. The number of carbonyl (C=O) groups is 2. The summed E-state index contributed by atoms with van der Waals surface area (Å²) in [4.78, 5) is 34.9. The molecule has 1 atom stereocenters. The number of benzene rings is 1. The Morgan fingerprint density at radius 3 is 2.76 bits per heavy atom. The molecule has 1 aromatic carbocycles. The summed E-state index contributed by atoms with van der Waals surface area (Å²) in [5, 5.41) is 12.0. The number of methoxy groups -OCH3 is 1. The van der Waals surface area contributed by atoms with Crippen molar-refractivity contribution in [3.8, 4) is 5.75 Å². The van der Waals surface area contributed by atoms with Crippen LogP contribution in [-0.2, 0) is 9.53 Å². The average molecular weight is 349 g/mol. The Hall–Kier alpha value is -2.87. The van der Waals surface area contributed by atoms with Crippen LogP contribution in [0, 0.1) is 0 Å². The predicted molar refractivity (Wildman–Crippen MR) is 89.0 cm³/mol. The van der Waals surface area contributed by atoms with Gasteiger partial charge in [-0.1, -0.05) is 0 Å². The third kappa shape index (κ3) is 4.80. The average Bonchev–Trinajstić information content (AvgIpc) is 2.57. The quantitative estimate of drug-likeness (QED) is 0.547. The Balaban J connectivity index is 2.20. The molecule has 0 fully saturated rings. The minimum atomic E-state index is -1.11. The van der Waals surface area contributed by atoms with Crippen molar-refractivity contribution in [2.24, 2.45) is 0 Å². The molecule has 2 rings (SSSR count). The molecule has 2 N–H and O–H groups in total. The number of ether oxygens (including phenoxy) is 2. The molecule has 8 nitrogen and oxygen atoms in total. The Morgan fingerprint density at radius 1 is 1.32 bits per heavy atom. The molecule has 1 aromatic heterocycles. The number of carbonyl (C=O) groups excluding carboxylic acids is 1. The van der Waals surface area contributed by atoms with Gasteiger partial charge in [0.15, 0.2) is 6.10 Å². The first-order chi connectivity index (χ1) is 11.9. The molecule has 134 valence electrons. The van der Waals surface area contributed by atoms with Gasteiger partial charge in [-0.3, -0.25) is 4.79 Å². The van der Waals surface area contributed by atoms with Crippen molar-refractivity contribution in [3.63, 3.8) is 0 Å². The molecule has 8 heteroatoms. The zero-order valence-electron chi connectivity index (χ0n) is 13.9. The lowest BCUT2D eigenvalue weighted by atomic mass is 10.1. The highest BCUT2D eigenvalue weighted by Gasteiger charge is 2.16. The van der Waals surface area contributed by atoms with Crippen molar-refractivity contribution in [1.82, 2.24) is 5.32 Å². The number of aliphatic carboxylic acids is 1. The number of nitrogens with one attached hydrogen (secondary N) is 1. The van der Waals surface area contributed by atoms with E-state index in [4.69, 9.17) is 19.0 Å². The summed E-state index contributed by atoms with van der Waals surface area (Å²) in [6.07, 6.45) is -0.412. The third-order valence-electron chi connectivity index (χ3n) is 3.42. The van der Waals surface area contributed by atoms with Crippen LogP contribution in [0.2, 0.25) is 0 Å². The second-order valence-electron chi connectivity index (χ2n) is 5.35. The third-order valence-corrected chi connectivity index (χ3v) is 3.42. The lowest BCUT2D eigenvalue weighted by molar-refractivity contribution is -0.144. The summed E-state index contributed by atoms with van der Waals surface area (Å²) >= 11 is 0. The highest BCUT2D eigenvalue weighted by atomic mass is 16.5. The molecule has 0 spiro atoms. The van der Waals surface area contributed by atoms with Crippen molar-refractivity contribution in [1.29, 1.82) is 0 Å². The maximum absolute atomic E-state index is 12.1. The smallest absolute Gasteiger partial charge is 0.349 e. The normalized spacial score (nSPS) is 11.9. The molecule has 0 aliphatic rings. The minimum Gasteiger partial charge on any atom is -0.479 e. The number of amides is 1. The Bertz CT molecular complexity index is 827. The van der Waals surface area contributed by atoms with Crippen molar-refractivity contribution in [3.05, 3.63) is 40.2 Å². The first-order valence-electron chi connectivity index (χ1n) is 7.67. The molecule has 0 aliphatic heterocycles. The summed E-state index contributed by atoms with van der Waals surface area (Å²) in [5.41, 5.74) is -0.673. The van der Waals surface area contributed by atoms with Gasteiger partial charge in [-0.15, -0.1) is 0 Å². The molecule has 25 heavy (non-hydrogen) atoms. The summed E-state index contributed by atoms with van der Waals surface area (Å²) in [7, 11) is 1.56. The van der Waals surface area contributed by atoms with Gasteiger partial charge in [0.2, 0.25) is 0 Å². The number of carboxylic acid groups (broad SMARTS) is 1. The van der Waals surface area contributed by atoms with Crippen LogP contribution >= 0.6 is 0 Å². The van der Waals surface area contributed by atoms with Gasteiger partial charge in [0.25, 0.3) is 5.91 Å². The van der Waals surface area contributed by atoms with E-state index >= 15 is 0 Å². The van der Waals surface area contributed by atoms with Crippen LogP contribution in [0.3, 0.4) is 0 Å². The fraction of sp³-hybridized carbons (Fsp3) is 0.353. The van der Waals surface area contributed by atoms with E-state index in [9.17, 15) is 14.4 Å². The van der Waals surface area contributed by atoms with E-state index in [-0.39, 0.29) is 16.9 Å². The molecule has 0 aliphatic carbocycles. The lowest BCUT2D eigenvalue weighted by Gasteiger charge is -2.10. The predicted octanol–water partition coefficient (Wildman–Crippen LogP) is 1.41. The molecule has 0 bridgehead atoms. The molecular weight excluding hydrogens is 330 g/mol. The zero-order chi connectivity index (χ0) is 18.4. The number of carboxylic acids is 1. The van der Waals surface area contributed by atoms with Crippen LogP contribution in [0.5, 0.6) is 5.75 Å². The van der Waals surface area contributed by atoms with Crippen molar-refractivity contribution < 1.29 is 28.6 Å². The van der Waals surface area contributed by atoms with Gasteiger partial charge in [-0.2, -0.15) is 0 Å². The van der Waals surface area contributed by atoms with E-state index in [0.717, 1.165) is 0 Å². The SMILES string of the molecule is COCCCNC(=O)c1cc2ccc(OC(C)C(=O)O)cc2oc1=O. The second kappa shape index (κ2) is 8.29. The van der Waals surface area contributed by atoms with Crippen LogP contribution in [0.15, 0.2) is 33.5 Å². The first-order valence-corrected chi connectivity index (χ1v) is 7.67. The Labute approximate surface area is 143 Å². The number of hydrogen-bond acceptors (Lipinski definition) is 6. The molecule has 1 amide bonds. The van der Waals surface area contributed by atoms with Crippen LogP contribution < -0.4 is 15.7 Å². The largest absolute Gasteiger partial charge is 0.479 e. The Kier molecular flexibility index (Phi) is 6.13. The van der Waals surface area contributed by atoms with Crippen molar-refractivity contribution in [2.45, 2.75) is 19.4 Å². The molecule has 1 heterocycles. The van der Waals surface area contributed by atoms with Gasteiger partial charge >= 0.3 is 11.6 Å². The standard InChI is InChI=1S/C17H19NO7/c1-10(16(20)21)24-12-5-4-11-8-13(17(22)25-14(11)9-12)15(19)18-6-3-7-23-2/h4-5,8-10H,3,6-7H2,1-2H3,(H,18,19)(H,20,21). The second-order valence-corrected chi connectivity index (χ2v) is 5.35. The first kappa shape index (κ1) is 18.5.